The molecule has 0 aliphatic heterocycles. The quantitative estimate of drug-likeness (QED) is 0.272. The topological polar surface area (TPSA) is 79.8 Å². The van der Waals surface area contributed by atoms with Crippen LogP contribution in [0.1, 0.15) is 49.2 Å². The number of rotatable bonds is 6. The van der Waals surface area contributed by atoms with Gasteiger partial charge < -0.3 is 10.6 Å². The molecular weight excluding hydrogens is 458 g/mol. The molecule has 0 radical (unpaired) electrons. The van der Waals surface area contributed by atoms with Gasteiger partial charge in [-0.25, -0.2) is 9.97 Å². The Morgan fingerprint density at radius 1 is 0.943 bits per heavy atom. The Balaban J connectivity index is 0.00000103. The van der Waals surface area contributed by atoms with Crippen LogP contribution in [0.15, 0.2) is 79.3 Å². The second kappa shape index (κ2) is 14.5. The van der Waals surface area contributed by atoms with Crippen LogP contribution in [0.3, 0.4) is 0 Å². The van der Waals surface area contributed by atoms with E-state index in [1.54, 1.807) is 30.7 Å². The average Bonchev–Trinajstić information content (AvgIpc) is 2.93. The number of pyridine rings is 1. The highest BCUT2D eigenvalue weighted by Gasteiger charge is 2.09. The molecule has 0 spiro atoms. The standard InChI is InChI=1S/C24H20ClN5O.2C2H6/c1-16-4-9-20(28-23(31)18-7-5-17(14-25)6-8-18)13-22(16)30-24-27-12-10-21(29-24)19-3-2-11-26-15-19;2*1-2/h2-13,15H,14H2,1H3,(H,28,31)(H,27,29,30);2*1-2H3. The summed E-state index contributed by atoms with van der Waals surface area (Å²) in [4.78, 5) is 25.6. The molecule has 2 aromatic heterocycles. The largest absolute Gasteiger partial charge is 0.324 e. The summed E-state index contributed by atoms with van der Waals surface area (Å²) < 4.78 is 0. The van der Waals surface area contributed by atoms with Crippen LogP contribution >= 0.6 is 11.6 Å². The van der Waals surface area contributed by atoms with Gasteiger partial charge >= 0.3 is 0 Å². The molecule has 0 fully saturated rings. The lowest BCUT2D eigenvalue weighted by Crippen LogP contribution is -2.12. The Hall–Kier alpha value is -3.77. The minimum Gasteiger partial charge on any atom is -0.324 e. The van der Waals surface area contributed by atoms with Crippen LogP contribution in [0.4, 0.5) is 17.3 Å². The van der Waals surface area contributed by atoms with Crippen molar-refractivity contribution in [1.82, 2.24) is 15.0 Å². The molecule has 1 amide bonds. The van der Waals surface area contributed by atoms with Crippen LogP contribution in [0.5, 0.6) is 0 Å². The molecule has 2 N–H and O–H groups in total. The Bertz CT molecular complexity index is 1200. The number of nitrogens with zero attached hydrogens (tertiary/aromatic N) is 3. The third kappa shape index (κ3) is 7.90. The molecule has 182 valence electrons. The first kappa shape index (κ1) is 27.5. The van der Waals surface area contributed by atoms with E-state index in [1.807, 2.05) is 83.1 Å². The summed E-state index contributed by atoms with van der Waals surface area (Å²) in [7, 11) is 0. The summed E-state index contributed by atoms with van der Waals surface area (Å²) in [6.45, 7) is 9.98. The number of carbonyl (C=O) groups excluding carboxylic acids is 1. The van der Waals surface area contributed by atoms with Gasteiger partial charge in [-0.15, -0.1) is 11.6 Å². The second-order valence-corrected chi connectivity index (χ2v) is 7.21. The molecule has 4 aromatic rings. The van der Waals surface area contributed by atoms with E-state index in [-0.39, 0.29) is 5.91 Å². The third-order valence-corrected chi connectivity index (χ3v) is 5.03. The Labute approximate surface area is 212 Å². The van der Waals surface area contributed by atoms with Gasteiger partial charge in [0.25, 0.3) is 5.91 Å². The Kier molecular flexibility index (Phi) is 11.4. The van der Waals surface area contributed by atoms with E-state index in [1.165, 1.54) is 0 Å². The van der Waals surface area contributed by atoms with Gasteiger partial charge in [-0.3, -0.25) is 9.78 Å². The zero-order valence-corrected chi connectivity index (χ0v) is 21.6. The number of amides is 1. The number of nitrogens with one attached hydrogen (secondary N) is 2. The molecule has 0 aliphatic carbocycles. The van der Waals surface area contributed by atoms with Crippen LogP contribution in [0, 0.1) is 6.92 Å². The van der Waals surface area contributed by atoms with E-state index in [2.05, 4.69) is 25.6 Å². The number of anilines is 3. The summed E-state index contributed by atoms with van der Waals surface area (Å²) in [5.74, 6) is 0.689. The molecule has 35 heavy (non-hydrogen) atoms. The van der Waals surface area contributed by atoms with E-state index >= 15 is 0 Å². The number of aromatic nitrogens is 3. The number of halogens is 1. The maximum absolute atomic E-state index is 12.6. The fourth-order valence-electron chi connectivity index (χ4n) is 3.00. The van der Waals surface area contributed by atoms with Crippen LogP contribution in [0.2, 0.25) is 0 Å². The van der Waals surface area contributed by atoms with Crippen molar-refractivity contribution < 1.29 is 4.79 Å². The van der Waals surface area contributed by atoms with Gasteiger partial charge in [0, 0.05) is 47.0 Å². The van der Waals surface area contributed by atoms with Crippen molar-refractivity contribution in [3.05, 3.63) is 95.9 Å². The fourth-order valence-corrected chi connectivity index (χ4v) is 3.18. The smallest absolute Gasteiger partial charge is 0.255 e. The van der Waals surface area contributed by atoms with E-state index < -0.39 is 0 Å². The number of aryl methyl sites for hydroxylation is 1. The lowest BCUT2D eigenvalue weighted by Gasteiger charge is -2.12. The van der Waals surface area contributed by atoms with Gasteiger partial charge in [-0.2, -0.15) is 0 Å². The Morgan fingerprint density at radius 2 is 1.69 bits per heavy atom. The number of carbonyl (C=O) groups is 1. The van der Waals surface area contributed by atoms with Crippen LogP contribution in [-0.2, 0) is 5.88 Å². The van der Waals surface area contributed by atoms with Gasteiger partial charge in [-0.1, -0.05) is 45.9 Å². The van der Waals surface area contributed by atoms with E-state index in [0.29, 0.717) is 23.1 Å². The number of alkyl halides is 1. The predicted octanol–water partition coefficient (Wildman–Crippen LogP) is 7.63. The van der Waals surface area contributed by atoms with Crippen LogP contribution < -0.4 is 10.6 Å². The van der Waals surface area contributed by atoms with Crippen LogP contribution in [-0.4, -0.2) is 20.9 Å². The predicted molar refractivity (Wildman–Crippen MR) is 146 cm³/mol. The van der Waals surface area contributed by atoms with Crippen molar-refractivity contribution in [3.8, 4) is 11.3 Å². The lowest BCUT2D eigenvalue weighted by molar-refractivity contribution is 0.102. The van der Waals surface area contributed by atoms with Crippen molar-refractivity contribution in [2.45, 2.75) is 40.5 Å². The van der Waals surface area contributed by atoms with E-state index in [4.69, 9.17) is 11.6 Å². The Morgan fingerprint density at radius 3 is 2.34 bits per heavy atom. The molecule has 0 atom stereocenters. The summed E-state index contributed by atoms with van der Waals surface area (Å²) >= 11 is 5.81. The van der Waals surface area contributed by atoms with Crippen LogP contribution in [0.25, 0.3) is 11.3 Å². The molecule has 0 aliphatic rings. The molecule has 6 nitrogen and oxygen atoms in total. The SMILES string of the molecule is CC.CC.Cc1ccc(NC(=O)c2ccc(CCl)cc2)cc1Nc1nccc(-c2cccnc2)n1. The summed E-state index contributed by atoms with van der Waals surface area (Å²) in [6.07, 6.45) is 5.18. The molecule has 0 bridgehead atoms. The van der Waals surface area contributed by atoms with Gasteiger partial charge in [0.05, 0.1) is 5.69 Å². The van der Waals surface area contributed by atoms with Crippen molar-refractivity contribution in [3.63, 3.8) is 0 Å². The summed E-state index contributed by atoms with van der Waals surface area (Å²) in [5, 5.41) is 6.17. The normalized spacial score (nSPS) is 9.66. The fraction of sp³-hybridized carbons (Fsp3) is 0.214. The zero-order chi connectivity index (χ0) is 25.6. The molecule has 0 unspecified atom stereocenters. The number of hydrogen-bond acceptors (Lipinski definition) is 5. The highest BCUT2D eigenvalue weighted by molar-refractivity contribution is 6.17. The lowest BCUT2D eigenvalue weighted by atomic mass is 10.1. The number of hydrogen-bond donors (Lipinski definition) is 2. The van der Waals surface area contributed by atoms with Gasteiger partial charge in [0.2, 0.25) is 5.95 Å². The minimum absolute atomic E-state index is 0.189. The van der Waals surface area contributed by atoms with Crippen molar-refractivity contribution in [1.29, 1.82) is 0 Å². The first-order valence-corrected chi connectivity index (χ1v) is 12.2. The average molecular weight is 490 g/mol. The monoisotopic (exact) mass is 489 g/mol. The minimum atomic E-state index is -0.189. The summed E-state index contributed by atoms with van der Waals surface area (Å²) in [6, 6.07) is 18.5. The van der Waals surface area contributed by atoms with Gasteiger partial charge in [-0.05, 0) is 60.5 Å². The highest BCUT2D eigenvalue weighted by atomic mass is 35.5. The molecular formula is C28H32ClN5O. The molecule has 0 saturated heterocycles. The van der Waals surface area contributed by atoms with E-state index in [9.17, 15) is 4.79 Å². The molecule has 7 heteroatoms. The van der Waals surface area contributed by atoms with Crippen molar-refractivity contribution >= 4 is 34.8 Å². The maximum Gasteiger partial charge on any atom is 0.255 e. The molecule has 2 heterocycles. The third-order valence-electron chi connectivity index (χ3n) is 4.73. The first-order valence-electron chi connectivity index (χ1n) is 11.7. The molecule has 4 rings (SSSR count). The first-order chi connectivity index (χ1) is 17.1. The zero-order valence-electron chi connectivity index (χ0n) is 20.8. The van der Waals surface area contributed by atoms with Crippen molar-refractivity contribution in [2.24, 2.45) is 0 Å². The van der Waals surface area contributed by atoms with E-state index in [0.717, 1.165) is 28.1 Å². The van der Waals surface area contributed by atoms with Gasteiger partial charge in [0.1, 0.15) is 0 Å². The molecule has 2 aromatic carbocycles. The van der Waals surface area contributed by atoms with Gasteiger partial charge in [0.15, 0.2) is 0 Å². The molecule has 0 saturated carbocycles. The summed E-state index contributed by atoms with van der Waals surface area (Å²) in [5.41, 5.74) is 5.69. The maximum atomic E-state index is 12.6. The second-order valence-electron chi connectivity index (χ2n) is 6.95. The van der Waals surface area contributed by atoms with Crippen molar-refractivity contribution in [2.75, 3.05) is 10.6 Å². The highest BCUT2D eigenvalue weighted by Crippen LogP contribution is 2.24. The number of benzene rings is 2.